The summed E-state index contributed by atoms with van der Waals surface area (Å²) in [6, 6.07) is 22.2. The van der Waals surface area contributed by atoms with Crippen molar-refractivity contribution in [1.29, 1.82) is 0 Å². The van der Waals surface area contributed by atoms with Crippen LogP contribution in [0.4, 0.5) is 11.4 Å². The Morgan fingerprint density at radius 1 is 1.03 bits per heavy atom. The first kappa shape index (κ1) is 21.6. The van der Waals surface area contributed by atoms with Crippen LogP contribution >= 0.6 is 11.6 Å². The lowest BCUT2D eigenvalue weighted by Gasteiger charge is -2.23. The molecule has 0 bridgehead atoms. The summed E-state index contributed by atoms with van der Waals surface area (Å²) < 4.78 is 0. The molecule has 6 nitrogen and oxygen atoms in total. The molecule has 7 heteroatoms. The average molecular weight is 447 g/mol. The van der Waals surface area contributed by atoms with Crippen LogP contribution in [-0.2, 0) is 15.1 Å². The molecule has 0 aromatic heterocycles. The lowest BCUT2D eigenvalue weighted by atomic mass is 9.92. The lowest BCUT2D eigenvalue weighted by Crippen LogP contribution is -2.47. The molecule has 1 unspecified atom stereocenters. The number of anilines is 2. The van der Waals surface area contributed by atoms with Crippen LogP contribution in [0.5, 0.6) is 0 Å². The van der Waals surface area contributed by atoms with Crippen LogP contribution in [-0.4, -0.2) is 18.9 Å². The number of likely N-dealkylation sites (N-methyl/N-ethyl adjacent to an activating group) is 1. The van der Waals surface area contributed by atoms with Gasteiger partial charge in [0.1, 0.15) is 5.54 Å². The summed E-state index contributed by atoms with van der Waals surface area (Å²) in [5.74, 6) is -0.484. The van der Waals surface area contributed by atoms with E-state index in [2.05, 4.69) is 16.0 Å². The van der Waals surface area contributed by atoms with Gasteiger partial charge in [-0.1, -0.05) is 60.1 Å². The fraction of sp³-hybridized carbons (Fsp3) is 0.120. The maximum absolute atomic E-state index is 12.9. The molecule has 3 aromatic carbocycles. The third-order valence-corrected chi connectivity index (χ3v) is 5.73. The maximum atomic E-state index is 12.9. The van der Waals surface area contributed by atoms with Crippen LogP contribution in [0.3, 0.4) is 0 Å². The summed E-state index contributed by atoms with van der Waals surface area (Å²) in [7, 11) is 1.55. The second kappa shape index (κ2) is 8.49. The second-order valence-corrected chi connectivity index (χ2v) is 8.18. The molecular weight excluding hydrogens is 424 g/mol. The molecule has 0 fully saturated rings. The summed E-state index contributed by atoms with van der Waals surface area (Å²) in [4.78, 5) is 25.0. The van der Waals surface area contributed by atoms with Crippen LogP contribution in [0.1, 0.15) is 23.6 Å². The molecule has 0 aliphatic carbocycles. The molecule has 32 heavy (non-hydrogen) atoms. The van der Waals surface area contributed by atoms with Gasteiger partial charge in [0.15, 0.2) is 0 Å². The van der Waals surface area contributed by atoms with E-state index in [1.165, 1.54) is 0 Å². The van der Waals surface area contributed by atoms with Gasteiger partial charge in [-0.15, -0.1) is 0 Å². The van der Waals surface area contributed by atoms with Crippen molar-refractivity contribution in [3.63, 3.8) is 0 Å². The van der Waals surface area contributed by atoms with E-state index in [1.54, 1.807) is 38.2 Å². The Balaban J connectivity index is 1.77. The number of rotatable bonds is 5. The normalized spacial score (nSPS) is 15.9. The van der Waals surface area contributed by atoms with E-state index in [-0.39, 0.29) is 11.8 Å². The number of amides is 2. The van der Waals surface area contributed by atoms with Gasteiger partial charge in [0.25, 0.3) is 5.91 Å². The number of carbonyl (C=O) groups excluding carboxylic acids is 2. The lowest BCUT2D eigenvalue weighted by molar-refractivity contribution is -0.125. The Hall–Kier alpha value is -3.61. The first-order chi connectivity index (χ1) is 15.3. The van der Waals surface area contributed by atoms with Gasteiger partial charge < -0.3 is 21.7 Å². The molecule has 0 saturated heterocycles. The molecule has 162 valence electrons. The summed E-state index contributed by atoms with van der Waals surface area (Å²) in [6.07, 6.45) is 0. The van der Waals surface area contributed by atoms with Crippen LogP contribution in [0.2, 0.25) is 5.02 Å². The fourth-order valence-electron chi connectivity index (χ4n) is 3.71. The Morgan fingerprint density at radius 3 is 2.38 bits per heavy atom. The van der Waals surface area contributed by atoms with Crippen molar-refractivity contribution in [2.75, 3.05) is 17.7 Å². The van der Waals surface area contributed by atoms with Gasteiger partial charge in [0.2, 0.25) is 5.91 Å². The van der Waals surface area contributed by atoms with Crippen molar-refractivity contribution in [1.82, 2.24) is 5.32 Å². The number of hydrogen-bond acceptors (Lipinski definition) is 4. The number of carbonyl (C=O) groups is 2. The monoisotopic (exact) mass is 446 g/mol. The van der Waals surface area contributed by atoms with Crippen molar-refractivity contribution < 1.29 is 9.59 Å². The highest BCUT2D eigenvalue weighted by molar-refractivity contribution is 6.38. The van der Waals surface area contributed by atoms with E-state index in [0.717, 1.165) is 16.8 Å². The maximum Gasteiger partial charge on any atom is 0.258 e. The first-order valence-electron chi connectivity index (χ1n) is 10.1. The zero-order valence-corrected chi connectivity index (χ0v) is 18.5. The highest BCUT2D eigenvalue weighted by Gasteiger charge is 2.30. The van der Waals surface area contributed by atoms with Crippen LogP contribution < -0.4 is 21.7 Å². The van der Waals surface area contributed by atoms with E-state index < -0.39 is 5.54 Å². The van der Waals surface area contributed by atoms with Gasteiger partial charge >= 0.3 is 0 Å². The van der Waals surface area contributed by atoms with E-state index in [0.29, 0.717) is 27.5 Å². The van der Waals surface area contributed by atoms with E-state index in [1.807, 2.05) is 48.5 Å². The molecule has 4 rings (SSSR count). The molecule has 0 saturated carbocycles. The fourth-order valence-corrected chi connectivity index (χ4v) is 3.88. The summed E-state index contributed by atoms with van der Waals surface area (Å²) in [6.45, 7) is 1.66. The van der Waals surface area contributed by atoms with Gasteiger partial charge in [-0.2, -0.15) is 0 Å². The molecule has 1 heterocycles. The molecule has 3 aromatic rings. The SMILES string of the molecule is CNC(=O)C(C)(N)c1ccc(NC(=C2C(=O)Nc3cc(Cl)ccc32)c2ccccc2)cc1. The third kappa shape index (κ3) is 3.98. The zero-order valence-electron chi connectivity index (χ0n) is 17.7. The largest absolute Gasteiger partial charge is 0.357 e. The molecular formula is C25H23ClN4O2. The summed E-state index contributed by atoms with van der Waals surface area (Å²) in [5, 5.41) is 9.42. The summed E-state index contributed by atoms with van der Waals surface area (Å²) in [5.41, 5.74) is 9.99. The van der Waals surface area contributed by atoms with Crippen molar-refractivity contribution in [2.24, 2.45) is 5.73 Å². The highest BCUT2D eigenvalue weighted by Crippen LogP contribution is 2.38. The standard InChI is InChI=1S/C25H23ClN4O2/c1-25(27,24(32)28-2)16-8-11-18(12-9-16)29-22(15-6-4-3-5-7-15)21-19-13-10-17(26)14-20(19)30-23(21)31/h3-14,29H,27H2,1-2H3,(H,28,32)(H,30,31). The number of nitrogens with one attached hydrogen (secondary N) is 3. The topological polar surface area (TPSA) is 96.2 Å². The van der Waals surface area contributed by atoms with Gasteiger partial charge in [0, 0.05) is 23.3 Å². The Kier molecular flexibility index (Phi) is 5.74. The highest BCUT2D eigenvalue weighted by atomic mass is 35.5. The van der Waals surface area contributed by atoms with Crippen molar-refractivity contribution in [3.05, 3.63) is 94.5 Å². The summed E-state index contributed by atoms with van der Waals surface area (Å²) >= 11 is 6.11. The number of hydrogen-bond donors (Lipinski definition) is 4. The van der Waals surface area contributed by atoms with Crippen molar-refractivity contribution >= 4 is 46.1 Å². The molecule has 2 amide bonds. The number of fused-ring (bicyclic) bond motifs is 1. The minimum atomic E-state index is -1.16. The van der Waals surface area contributed by atoms with E-state index in [4.69, 9.17) is 17.3 Å². The zero-order chi connectivity index (χ0) is 22.9. The van der Waals surface area contributed by atoms with Crippen LogP contribution in [0.15, 0.2) is 72.8 Å². The van der Waals surface area contributed by atoms with E-state index in [9.17, 15) is 9.59 Å². The predicted molar refractivity (Wildman–Crippen MR) is 129 cm³/mol. The van der Waals surface area contributed by atoms with Crippen molar-refractivity contribution in [3.8, 4) is 0 Å². The van der Waals surface area contributed by atoms with Crippen molar-refractivity contribution in [2.45, 2.75) is 12.5 Å². The number of halogens is 1. The Morgan fingerprint density at radius 2 is 1.72 bits per heavy atom. The number of nitrogens with two attached hydrogens (primary N) is 1. The number of benzene rings is 3. The molecule has 1 aliphatic rings. The smallest absolute Gasteiger partial charge is 0.258 e. The van der Waals surface area contributed by atoms with Gasteiger partial charge in [-0.3, -0.25) is 9.59 Å². The quantitative estimate of drug-likeness (QED) is 0.442. The van der Waals surface area contributed by atoms with E-state index >= 15 is 0 Å². The minimum absolute atomic E-state index is 0.209. The van der Waals surface area contributed by atoms with Crippen LogP contribution in [0.25, 0.3) is 11.3 Å². The molecule has 0 radical (unpaired) electrons. The minimum Gasteiger partial charge on any atom is -0.357 e. The van der Waals surface area contributed by atoms with Crippen LogP contribution in [0, 0.1) is 0 Å². The molecule has 1 atom stereocenters. The first-order valence-corrected chi connectivity index (χ1v) is 10.5. The molecule has 1 aliphatic heterocycles. The Labute approximate surface area is 191 Å². The molecule has 0 spiro atoms. The molecule has 5 N–H and O–H groups in total. The third-order valence-electron chi connectivity index (χ3n) is 5.49. The van der Waals surface area contributed by atoms with Gasteiger partial charge in [-0.05, 0) is 42.3 Å². The Bertz CT molecular complexity index is 1220. The average Bonchev–Trinajstić information content (AvgIpc) is 3.12. The predicted octanol–water partition coefficient (Wildman–Crippen LogP) is 4.19. The second-order valence-electron chi connectivity index (χ2n) is 7.74. The van der Waals surface area contributed by atoms with Gasteiger partial charge in [0.05, 0.1) is 17.0 Å². The van der Waals surface area contributed by atoms with Gasteiger partial charge in [-0.25, -0.2) is 0 Å².